The zero-order chi connectivity index (χ0) is 24.6. The van der Waals surface area contributed by atoms with Crippen LogP contribution in [0.4, 0.5) is 48.3 Å². The SMILES string of the molecule is O=C(N(C1CCCCC1)C1CCCCC1)[C@@](F)(OC(F)(F)C(F)(F)C(F)(F)F)C(F)(F)F. The van der Waals surface area contributed by atoms with E-state index in [0.29, 0.717) is 43.4 Å². The summed E-state index contributed by atoms with van der Waals surface area (Å²) < 4.78 is 148. The Balaban J connectivity index is 2.49. The second kappa shape index (κ2) is 9.13. The summed E-state index contributed by atoms with van der Waals surface area (Å²) in [6.45, 7) is 0. The summed E-state index contributed by atoms with van der Waals surface area (Å²) in [7, 11) is 0. The van der Waals surface area contributed by atoms with E-state index in [1.807, 2.05) is 0 Å². The van der Waals surface area contributed by atoms with Crippen LogP contribution in [0.5, 0.6) is 0 Å². The number of halogens is 11. The molecule has 1 atom stereocenters. The van der Waals surface area contributed by atoms with E-state index < -0.39 is 48.2 Å². The molecule has 0 unspecified atom stereocenters. The third-order valence-electron chi connectivity index (χ3n) is 5.80. The van der Waals surface area contributed by atoms with Gasteiger partial charge in [-0.15, -0.1) is 0 Å². The van der Waals surface area contributed by atoms with Crippen molar-refractivity contribution in [2.45, 2.75) is 107 Å². The van der Waals surface area contributed by atoms with Gasteiger partial charge in [0.1, 0.15) is 0 Å². The summed E-state index contributed by atoms with van der Waals surface area (Å²) in [6, 6.07) is -2.03. The first kappa shape index (κ1) is 26.9. The summed E-state index contributed by atoms with van der Waals surface area (Å²) in [5.74, 6) is -16.0. The Hall–Kier alpha value is -1.34. The van der Waals surface area contributed by atoms with E-state index in [2.05, 4.69) is 4.74 Å². The van der Waals surface area contributed by atoms with Gasteiger partial charge in [0.15, 0.2) is 0 Å². The van der Waals surface area contributed by atoms with Crippen molar-refractivity contribution in [1.29, 1.82) is 0 Å². The summed E-state index contributed by atoms with van der Waals surface area (Å²) in [4.78, 5) is 13.1. The van der Waals surface area contributed by atoms with E-state index in [9.17, 15) is 53.1 Å². The third-order valence-corrected chi connectivity index (χ3v) is 5.80. The van der Waals surface area contributed by atoms with Crippen molar-refractivity contribution in [3.63, 3.8) is 0 Å². The highest BCUT2D eigenvalue weighted by Crippen LogP contribution is 2.51. The smallest absolute Gasteiger partial charge is 0.331 e. The molecule has 0 heterocycles. The van der Waals surface area contributed by atoms with Gasteiger partial charge in [0.05, 0.1) is 0 Å². The highest BCUT2D eigenvalue weighted by Gasteiger charge is 2.80. The fourth-order valence-electron chi connectivity index (χ4n) is 4.14. The second-order valence-corrected chi connectivity index (χ2v) is 8.08. The van der Waals surface area contributed by atoms with E-state index >= 15 is 0 Å². The maximum absolute atomic E-state index is 14.9. The maximum atomic E-state index is 14.9. The fourth-order valence-corrected chi connectivity index (χ4v) is 4.14. The van der Waals surface area contributed by atoms with Gasteiger partial charge in [-0.1, -0.05) is 38.5 Å². The molecule has 0 radical (unpaired) electrons. The Morgan fingerprint density at radius 3 is 1.31 bits per heavy atom. The van der Waals surface area contributed by atoms with Crippen LogP contribution in [-0.2, 0) is 9.53 Å². The average molecular weight is 493 g/mol. The van der Waals surface area contributed by atoms with Crippen LogP contribution >= 0.6 is 0 Å². The van der Waals surface area contributed by atoms with Gasteiger partial charge < -0.3 is 4.90 Å². The van der Waals surface area contributed by atoms with Crippen LogP contribution in [0.1, 0.15) is 64.2 Å². The summed E-state index contributed by atoms with van der Waals surface area (Å²) in [5.41, 5.74) is 0. The fraction of sp³-hybridized carbons (Fsp3) is 0.944. The van der Waals surface area contributed by atoms with Crippen LogP contribution in [0.2, 0.25) is 0 Å². The lowest BCUT2D eigenvalue weighted by Crippen LogP contribution is -2.66. The largest absolute Gasteiger partial charge is 0.462 e. The molecule has 0 aliphatic heterocycles. The van der Waals surface area contributed by atoms with E-state index in [-0.39, 0.29) is 25.7 Å². The van der Waals surface area contributed by atoms with E-state index in [0.717, 1.165) is 0 Å². The first-order valence-electron chi connectivity index (χ1n) is 10.1. The molecule has 2 aliphatic rings. The van der Waals surface area contributed by atoms with Crippen LogP contribution in [0.25, 0.3) is 0 Å². The summed E-state index contributed by atoms with van der Waals surface area (Å²) >= 11 is 0. The highest BCUT2D eigenvalue weighted by atomic mass is 19.4. The Morgan fingerprint density at radius 1 is 0.625 bits per heavy atom. The van der Waals surface area contributed by atoms with Crippen LogP contribution < -0.4 is 0 Å². The molecule has 0 N–H and O–H groups in total. The van der Waals surface area contributed by atoms with Gasteiger partial charge in [0.2, 0.25) is 0 Å². The normalized spacial score (nSPS) is 22.5. The predicted octanol–water partition coefficient (Wildman–Crippen LogP) is 6.52. The lowest BCUT2D eigenvalue weighted by molar-refractivity contribution is -0.474. The first-order valence-corrected chi connectivity index (χ1v) is 10.1. The number of rotatable bonds is 6. The van der Waals surface area contributed by atoms with Crippen LogP contribution in [0, 0.1) is 0 Å². The van der Waals surface area contributed by atoms with Crippen molar-refractivity contribution in [3.05, 3.63) is 0 Å². The molecule has 188 valence electrons. The van der Waals surface area contributed by atoms with E-state index in [1.54, 1.807) is 0 Å². The molecule has 1 amide bonds. The molecule has 2 fully saturated rings. The van der Waals surface area contributed by atoms with Gasteiger partial charge in [0, 0.05) is 12.1 Å². The molecule has 0 aromatic heterocycles. The maximum Gasteiger partial charge on any atom is 0.462 e. The molecule has 2 saturated carbocycles. The lowest BCUT2D eigenvalue weighted by atomic mass is 9.88. The van der Waals surface area contributed by atoms with Gasteiger partial charge in [-0.2, -0.15) is 48.3 Å². The Kier molecular flexibility index (Phi) is 7.68. The number of ether oxygens (including phenoxy) is 1. The van der Waals surface area contributed by atoms with Crippen molar-refractivity contribution < 1.29 is 57.8 Å². The molecular weight excluding hydrogens is 471 g/mol. The standard InChI is InChI=1S/C18H22F11NO2/c19-14(16(22,23)24,32-18(28,29)15(20,21)17(25,26)27)13(31)30(11-7-3-1-4-8-11)12-9-5-2-6-10-12/h11-12H,1-10H2/t14-/m1/s1. The van der Waals surface area contributed by atoms with Gasteiger partial charge in [-0.25, -0.2) is 0 Å². The van der Waals surface area contributed by atoms with Crippen molar-refractivity contribution in [1.82, 2.24) is 4.90 Å². The van der Waals surface area contributed by atoms with E-state index in [1.165, 1.54) is 0 Å². The van der Waals surface area contributed by atoms with Gasteiger partial charge in [-0.3, -0.25) is 9.53 Å². The monoisotopic (exact) mass is 493 g/mol. The number of carbonyl (C=O) groups excluding carboxylic acids is 1. The number of hydrogen-bond donors (Lipinski definition) is 0. The number of hydrogen-bond acceptors (Lipinski definition) is 2. The highest BCUT2D eigenvalue weighted by molar-refractivity contribution is 5.85. The van der Waals surface area contributed by atoms with Crippen molar-refractivity contribution >= 4 is 5.91 Å². The summed E-state index contributed by atoms with van der Waals surface area (Å²) in [5, 5.41) is 0. The quantitative estimate of drug-likeness (QED) is 0.395. The van der Waals surface area contributed by atoms with Crippen LogP contribution in [0.15, 0.2) is 0 Å². The second-order valence-electron chi connectivity index (χ2n) is 8.08. The molecule has 14 heteroatoms. The van der Waals surface area contributed by atoms with Crippen molar-refractivity contribution in [2.24, 2.45) is 0 Å². The molecule has 0 bridgehead atoms. The number of alkyl halides is 11. The molecule has 0 spiro atoms. The number of nitrogens with zero attached hydrogens (tertiary/aromatic N) is 1. The topological polar surface area (TPSA) is 29.5 Å². The predicted molar refractivity (Wildman–Crippen MR) is 87.5 cm³/mol. The minimum absolute atomic E-state index is 0.102. The first-order chi connectivity index (χ1) is 14.5. The zero-order valence-electron chi connectivity index (χ0n) is 16.6. The summed E-state index contributed by atoms with van der Waals surface area (Å²) in [6.07, 6.45) is -17.3. The Morgan fingerprint density at radius 2 is 1.00 bits per heavy atom. The lowest BCUT2D eigenvalue weighted by Gasteiger charge is -2.45. The molecule has 32 heavy (non-hydrogen) atoms. The average Bonchev–Trinajstić information content (AvgIpc) is 2.67. The molecule has 0 aromatic carbocycles. The van der Waals surface area contributed by atoms with Crippen molar-refractivity contribution in [2.75, 3.05) is 0 Å². The van der Waals surface area contributed by atoms with Crippen LogP contribution in [-0.4, -0.2) is 53.1 Å². The minimum atomic E-state index is -7.19. The molecule has 0 saturated heterocycles. The Bertz CT molecular complexity index is 634. The minimum Gasteiger partial charge on any atom is -0.331 e. The third kappa shape index (κ3) is 5.09. The van der Waals surface area contributed by atoms with Gasteiger partial charge in [-0.05, 0) is 25.7 Å². The van der Waals surface area contributed by atoms with Gasteiger partial charge in [0.25, 0.3) is 5.91 Å². The Labute approximate surface area is 176 Å². The molecule has 0 aromatic rings. The number of amides is 1. The van der Waals surface area contributed by atoms with Gasteiger partial charge >= 0.3 is 30.2 Å². The molecule has 3 nitrogen and oxygen atoms in total. The van der Waals surface area contributed by atoms with E-state index in [4.69, 9.17) is 0 Å². The molecule has 2 rings (SSSR count). The van der Waals surface area contributed by atoms with Crippen LogP contribution in [0.3, 0.4) is 0 Å². The molecule has 2 aliphatic carbocycles. The molecular formula is C18H22F11NO2. The number of carbonyl (C=O) groups is 1. The zero-order valence-corrected chi connectivity index (χ0v) is 16.6. The van der Waals surface area contributed by atoms with Crippen molar-refractivity contribution in [3.8, 4) is 0 Å².